The Labute approximate surface area is 130 Å². The summed E-state index contributed by atoms with van der Waals surface area (Å²) in [6.07, 6.45) is 1.01. The van der Waals surface area contributed by atoms with Crippen LogP contribution in [0, 0.1) is 0 Å². The summed E-state index contributed by atoms with van der Waals surface area (Å²) in [5.41, 5.74) is 7.01. The standard InChI is InChI=1S/C18H21NOS/c1-18(2)15-11-13(20)9-8-12(15)10-16(17(18)19)21-14-6-4-3-5-7-14/h3-9,11,16-17,20H,10,19H2,1-2H3/p+1. The zero-order valence-electron chi connectivity index (χ0n) is 12.5. The SMILES string of the molecule is CC1(C)c2cc(O)ccc2CC(Sc2ccccc2)C1[NH3+]. The van der Waals surface area contributed by atoms with Crippen LogP contribution in [0.4, 0.5) is 0 Å². The molecule has 1 aliphatic rings. The summed E-state index contributed by atoms with van der Waals surface area (Å²) in [6, 6.07) is 16.6. The molecular formula is C18H22NOS+. The minimum atomic E-state index is -0.0290. The maximum atomic E-state index is 9.78. The van der Waals surface area contributed by atoms with Gasteiger partial charge in [-0.3, -0.25) is 0 Å². The molecule has 2 atom stereocenters. The molecule has 2 aromatic carbocycles. The average molecular weight is 300 g/mol. The molecule has 0 radical (unpaired) electrons. The van der Waals surface area contributed by atoms with Gasteiger partial charge in [-0.05, 0) is 41.8 Å². The summed E-state index contributed by atoms with van der Waals surface area (Å²) >= 11 is 1.92. The van der Waals surface area contributed by atoms with Crippen molar-refractivity contribution in [3.05, 3.63) is 59.7 Å². The van der Waals surface area contributed by atoms with Gasteiger partial charge in [0.1, 0.15) is 11.8 Å². The van der Waals surface area contributed by atoms with Gasteiger partial charge in [-0.2, -0.15) is 0 Å². The molecule has 2 aromatic rings. The fourth-order valence-electron chi connectivity index (χ4n) is 3.16. The minimum absolute atomic E-state index is 0.0290. The molecule has 0 aromatic heterocycles. The van der Waals surface area contributed by atoms with Gasteiger partial charge in [0.05, 0.1) is 5.25 Å². The second-order valence-corrected chi connectivity index (χ2v) is 7.66. The van der Waals surface area contributed by atoms with Gasteiger partial charge in [-0.15, -0.1) is 11.8 Å². The van der Waals surface area contributed by atoms with Gasteiger partial charge < -0.3 is 10.8 Å². The van der Waals surface area contributed by atoms with E-state index in [1.807, 2.05) is 17.8 Å². The van der Waals surface area contributed by atoms with Crippen molar-refractivity contribution >= 4 is 11.8 Å². The van der Waals surface area contributed by atoms with Crippen molar-refractivity contribution in [2.75, 3.05) is 0 Å². The highest BCUT2D eigenvalue weighted by atomic mass is 32.2. The first-order valence-corrected chi connectivity index (χ1v) is 8.23. The van der Waals surface area contributed by atoms with Crippen molar-refractivity contribution in [3.8, 4) is 5.75 Å². The van der Waals surface area contributed by atoms with Crippen molar-refractivity contribution in [1.29, 1.82) is 0 Å². The molecule has 21 heavy (non-hydrogen) atoms. The summed E-state index contributed by atoms with van der Waals surface area (Å²) in [4.78, 5) is 1.30. The van der Waals surface area contributed by atoms with E-state index in [4.69, 9.17) is 0 Å². The summed E-state index contributed by atoms with van der Waals surface area (Å²) in [5.74, 6) is 0.350. The lowest BCUT2D eigenvalue weighted by Crippen LogP contribution is -2.74. The van der Waals surface area contributed by atoms with Crippen LogP contribution in [0.2, 0.25) is 0 Å². The quantitative estimate of drug-likeness (QED) is 0.895. The Balaban J connectivity index is 1.94. The molecule has 1 aliphatic carbocycles. The van der Waals surface area contributed by atoms with Crippen molar-refractivity contribution in [1.82, 2.24) is 0 Å². The number of thioether (sulfide) groups is 1. The van der Waals surface area contributed by atoms with Crippen LogP contribution in [0.1, 0.15) is 25.0 Å². The molecule has 0 amide bonds. The molecule has 0 heterocycles. The number of phenols is 1. The van der Waals surface area contributed by atoms with E-state index < -0.39 is 0 Å². The summed E-state index contributed by atoms with van der Waals surface area (Å²) in [6.45, 7) is 4.47. The molecule has 0 saturated heterocycles. The first-order valence-electron chi connectivity index (χ1n) is 7.35. The fraction of sp³-hybridized carbons (Fsp3) is 0.333. The molecule has 110 valence electrons. The van der Waals surface area contributed by atoms with Crippen LogP contribution in [-0.2, 0) is 11.8 Å². The summed E-state index contributed by atoms with van der Waals surface area (Å²) in [7, 11) is 0. The molecule has 0 bridgehead atoms. The maximum Gasteiger partial charge on any atom is 0.115 e. The van der Waals surface area contributed by atoms with E-state index in [2.05, 4.69) is 56.0 Å². The Morgan fingerprint density at radius 1 is 1.14 bits per heavy atom. The van der Waals surface area contributed by atoms with Gasteiger partial charge in [0, 0.05) is 10.3 Å². The first kappa shape index (κ1) is 14.5. The van der Waals surface area contributed by atoms with Gasteiger partial charge in [0.2, 0.25) is 0 Å². The van der Waals surface area contributed by atoms with E-state index in [-0.39, 0.29) is 5.41 Å². The van der Waals surface area contributed by atoms with Gasteiger partial charge in [-0.1, -0.05) is 38.1 Å². The lowest BCUT2D eigenvalue weighted by atomic mass is 9.69. The van der Waals surface area contributed by atoms with Crippen LogP contribution in [0.3, 0.4) is 0 Å². The van der Waals surface area contributed by atoms with Crippen LogP contribution >= 0.6 is 11.8 Å². The Morgan fingerprint density at radius 2 is 1.86 bits per heavy atom. The van der Waals surface area contributed by atoms with E-state index >= 15 is 0 Å². The second-order valence-electron chi connectivity index (χ2n) is 6.34. The Hall–Kier alpha value is -1.45. The molecule has 2 unspecified atom stereocenters. The zero-order valence-corrected chi connectivity index (χ0v) is 13.4. The third kappa shape index (κ3) is 2.68. The molecule has 0 spiro atoms. The molecule has 0 fully saturated rings. The Bertz CT molecular complexity index is 639. The fourth-order valence-corrected chi connectivity index (χ4v) is 4.59. The predicted molar refractivity (Wildman–Crippen MR) is 87.6 cm³/mol. The number of phenolic OH excluding ortho intramolecular Hbond substituents is 1. The number of hydrogen-bond acceptors (Lipinski definition) is 2. The topological polar surface area (TPSA) is 47.9 Å². The molecule has 3 heteroatoms. The average Bonchev–Trinajstić information content (AvgIpc) is 2.47. The third-order valence-electron chi connectivity index (χ3n) is 4.62. The smallest absolute Gasteiger partial charge is 0.115 e. The largest absolute Gasteiger partial charge is 0.508 e. The van der Waals surface area contributed by atoms with E-state index in [0.717, 1.165) is 6.42 Å². The lowest BCUT2D eigenvalue weighted by Gasteiger charge is -2.40. The molecule has 0 aliphatic heterocycles. The monoisotopic (exact) mass is 300 g/mol. The number of rotatable bonds is 2. The molecular weight excluding hydrogens is 278 g/mol. The molecule has 0 saturated carbocycles. The van der Waals surface area contributed by atoms with Crippen LogP contribution in [0.5, 0.6) is 5.75 Å². The van der Waals surface area contributed by atoms with E-state index in [1.165, 1.54) is 16.0 Å². The normalized spacial score (nSPS) is 23.6. The van der Waals surface area contributed by atoms with Crippen molar-refractivity contribution in [2.45, 2.75) is 41.9 Å². The highest BCUT2D eigenvalue weighted by molar-refractivity contribution is 8.00. The summed E-state index contributed by atoms with van der Waals surface area (Å²) < 4.78 is 0. The lowest BCUT2D eigenvalue weighted by molar-refractivity contribution is -0.435. The van der Waals surface area contributed by atoms with Crippen LogP contribution in [0.25, 0.3) is 0 Å². The molecule has 3 rings (SSSR count). The van der Waals surface area contributed by atoms with Crippen LogP contribution in [-0.4, -0.2) is 16.4 Å². The van der Waals surface area contributed by atoms with Crippen molar-refractivity contribution < 1.29 is 10.8 Å². The first-order chi connectivity index (χ1) is 9.98. The van der Waals surface area contributed by atoms with Crippen LogP contribution in [0.15, 0.2) is 53.4 Å². The van der Waals surface area contributed by atoms with E-state index in [9.17, 15) is 5.11 Å². The maximum absolute atomic E-state index is 9.78. The van der Waals surface area contributed by atoms with Gasteiger partial charge in [0.25, 0.3) is 0 Å². The van der Waals surface area contributed by atoms with E-state index in [0.29, 0.717) is 17.0 Å². The van der Waals surface area contributed by atoms with Crippen molar-refractivity contribution in [2.24, 2.45) is 0 Å². The van der Waals surface area contributed by atoms with Crippen molar-refractivity contribution in [3.63, 3.8) is 0 Å². The number of fused-ring (bicyclic) bond motifs is 1. The Kier molecular flexibility index (Phi) is 3.72. The highest BCUT2D eigenvalue weighted by Crippen LogP contribution is 2.42. The minimum Gasteiger partial charge on any atom is -0.508 e. The third-order valence-corrected chi connectivity index (χ3v) is 5.96. The summed E-state index contributed by atoms with van der Waals surface area (Å²) in [5, 5.41) is 10.2. The number of aromatic hydroxyl groups is 1. The Morgan fingerprint density at radius 3 is 2.57 bits per heavy atom. The number of benzene rings is 2. The number of hydrogen-bond donors (Lipinski definition) is 2. The number of quaternary nitrogens is 1. The van der Waals surface area contributed by atoms with Crippen LogP contribution < -0.4 is 5.73 Å². The van der Waals surface area contributed by atoms with Gasteiger partial charge in [0.15, 0.2) is 0 Å². The van der Waals surface area contributed by atoms with Gasteiger partial charge in [-0.25, -0.2) is 0 Å². The zero-order chi connectivity index (χ0) is 15.0. The predicted octanol–water partition coefficient (Wildman–Crippen LogP) is 3.00. The van der Waals surface area contributed by atoms with E-state index in [1.54, 1.807) is 6.07 Å². The molecule has 2 nitrogen and oxygen atoms in total. The second kappa shape index (κ2) is 5.39. The molecule has 4 N–H and O–H groups in total. The van der Waals surface area contributed by atoms with Gasteiger partial charge >= 0.3 is 0 Å². The highest BCUT2D eigenvalue weighted by Gasteiger charge is 2.43.